The van der Waals surface area contributed by atoms with Crippen LogP contribution in [0.1, 0.15) is 44.9 Å². The number of nitrogens with one attached hydrogen (secondary N) is 1. The van der Waals surface area contributed by atoms with Gasteiger partial charge in [-0.1, -0.05) is 19.3 Å². The number of nitrogens with zero attached hydrogens (tertiary/aromatic N) is 1. The van der Waals surface area contributed by atoms with Crippen molar-refractivity contribution in [2.24, 2.45) is 5.92 Å². The van der Waals surface area contributed by atoms with Crippen molar-refractivity contribution in [3.63, 3.8) is 0 Å². The van der Waals surface area contributed by atoms with Gasteiger partial charge in [0.25, 0.3) is 0 Å². The standard InChI is InChI=1S/C14H25FN2/c15-8-9-17-11-14(6-2-1-3-7-14)16-10-13(17)12-4-5-12/h12-13,16H,1-11H2. The third kappa shape index (κ3) is 2.50. The Kier molecular flexibility index (Phi) is 3.40. The highest BCUT2D eigenvalue weighted by atomic mass is 19.1. The summed E-state index contributed by atoms with van der Waals surface area (Å²) < 4.78 is 12.7. The van der Waals surface area contributed by atoms with Crippen molar-refractivity contribution >= 4 is 0 Å². The van der Waals surface area contributed by atoms with Crippen LogP contribution in [0.5, 0.6) is 0 Å². The van der Waals surface area contributed by atoms with Gasteiger partial charge in [0.15, 0.2) is 0 Å². The molecule has 1 saturated heterocycles. The molecule has 0 bridgehead atoms. The van der Waals surface area contributed by atoms with Crippen LogP contribution in [-0.2, 0) is 0 Å². The van der Waals surface area contributed by atoms with Gasteiger partial charge in [0.2, 0.25) is 0 Å². The molecule has 1 atom stereocenters. The van der Waals surface area contributed by atoms with Crippen molar-refractivity contribution in [2.75, 3.05) is 26.3 Å². The molecule has 1 spiro atoms. The zero-order chi connectivity index (χ0) is 11.7. The zero-order valence-electron chi connectivity index (χ0n) is 10.8. The molecule has 1 aliphatic heterocycles. The lowest BCUT2D eigenvalue weighted by Gasteiger charge is -2.49. The second-order valence-corrected chi connectivity index (χ2v) is 6.29. The zero-order valence-corrected chi connectivity index (χ0v) is 10.8. The quantitative estimate of drug-likeness (QED) is 0.814. The van der Waals surface area contributed by atoms with Crippen molar-refractivity contribution < 1.29 is 4.39 Å². The highest BCUT2D eigenvalue weighted by Crippen LogP contribution is 2.39. The minimum absolute atomic E-state index is 0.181. The van der Waals surface area contributed by atoms with Gasteiger partial charge in [-0.05, 0) is 31.6 Å². The Hall–Kier alpha value is -0.150. The maximum atomic E-state index is 12.7. The van der Waals surface area contributed by atoms with Gasteiger partial charge in [0.1, 0.15) is 6.67 Å². The number of piperazine rings is 1. The molecular formula is C14H25FN2. The Morgan fingerprint density at radius 1 is 1.18 bits per heavy atom. The van der Waals surface area contributed by atoms with E-state index in [9.17, 15) is 4.39 Å². The Morgan fingerprint density at radius 2 is 1.94 bits per heavy atom. The van der Waals surface area contributed by atoms with Crippen molar-refractivity contribution in [1.82, 2.24) is 10.2 Å². The first-order valence-corrected chi connectivity index (χ1v) is 7.38. The normalized spacial score (nSPS) is 34.1. The molecule has 1 heterocycles. The smallest absolute Gasteiger partial charge is 0.102 e. The van der Waals surface area contributed by atoms with E-state index in [-0.39, 0.29) is 6.67 Å². The van der Waals surface area contributed by atoms with E-state index in [1.54, 1.807) is 0 Å². The summed E-state index contributed by atoms with van der Waals surface area (Å²) in [7, 11) is 0. The summed E-state index contributed by atoms with van der Waals surface area (Å²) >= 11 is 0. The predicted octanol–water partition coefficient (Wildman–Crippen LogP) is 2.34. The molecule has 2 nitrogen and oxygen atoms in total. The molecule has 0 aromatic rings. The predicted molar refractivity (Wildman–Crippen MR) is 67.9 cm³/mol. The van der Waals surface area contributed by atoms with Gasteiger partial charge in [-0.25, -0.2) is 4.39 Å². The molecule has 1 unspecified atom stereocenters. The summed E-state index contributed by atoms with van der Waals surface area (Å²) in [6.45, 7) is 2.67. The van der Waals surface area contributed by atoms with Gasteiger partial charge in [0.05, 0.1) is 0 Å². The van der Waals surface area contributed by atoms with Crippen LogP contribution in [0, 0.1) is 5.92 Å². The fourth-order valence-corrected chi connectivity index (χ4v) is 3.87. The molecule has 3 aliphatic rings. The van der Waals surface area contributed by atoms with Crippen LogP contribution in [-0.4, -0.2) is 42.8 Å². The molecule has 2 saturated carbocycles. The number of halogens is 1. The van der Waals surface area contributed by atoms with Gasteiger partial charge >= 0.3 is 0 Å². The number of rotatable bonds is 3. The van der Waals surface area contributed by atoms with Crippen LogP contribution < -0.4 is 5.32 Å². The highest BCUT2D eigenvalue weighted by molar-refractivity contribution is 5.03. The Labute approximate surface area is 104 Å². The van der Waals surface area contributed by atoms with E-state index < -0.39 is 0 Å². The van der Waals surface area contributed by atoms with Crippen LogP contribution in [0.25, 0.3) is 0 Å². The SMILES string of the molecule is FCCN1CC2(CCCCC2)NCC1C1CC1. The molecule has 3 heteroatoms. The van der Waals surface area contributed by atoms with E-state index in [1.807, 2.05) is 0 Å². The first-order chi connectivity index (χ1) is 8.33. The Bertz CT molecular complexity index is 259. The second kappa shape index (κ2) is 4.85. The molecule has 0 radical (unpaired) electrons. The lowest BCUT2D eigenvalue weighted by atomic mass is 9.79. The van der Waals surface area contributed by atoms with Gasteiger partial charge in [-0.3, -0.25) is 4.90 Å². The monoisotopic (exact) mass is 240 g/mol. The Morgan fingerprint density at radius 3 is 2.59 bits per heavy atom. The van der Waals surface area contributed by atoms with E-state index >= 15 is 0 Å². The molecule has 0 aromatic heterocycles. The maximum Gasteiger partial charge on any atom is 0.102 e. The minimum atomic E-state index is -0.181. The van der Waals surface area contributed by atoms with Crippen LogP contribution in [0.3, 0.4) is 0 Å². The molecule has 0 aromatic carbocycles. The van der Waals surface area contributed by atoms with Gasteiger partial charge < -0.3 is 5.32 Å². The first kappa shape index (κ1) is 11.9. The van der Waals surface area contributed by atoms with Crippen molar-refractivity contribution in [3.05, 3.63) is 0 Å². The summed E-state index contributed by atoms with van der Waals surface area (Å²) in [4.78, 5) is 2.46. The maximum absolute atomic E-state index is 12.7. The molecule has 3 fully saturated rings. The van der Waals surface area contributed by atoms with E-state index in [1.165, 1.54) is 44.9 Å². The number of hydrogen-bond acceptors (Lipinski definition) is 2. The molecule has 2 aliphatic carbocycles. The average molecular weight is 240 g/mol. The third-order valence-corrected chi connectivity index (χ3v) is 5.01. The lowest BCUT2D eigenvalue weighted by Crippen LogP contribution is -2.65. The summed E-state index contributed by atoms with van der Waals surface area (Å²) in [6.07, 6.45) is 9.42. The third-order valence-electron chi connectivity index (χ3n) is 5.01. The highest BCUT2D eigenvalue weighted by Gasteiger charge is 2.44. The fourth-order valence-electron chi connectivity index (χ4n) is 3.87. The van der Waals surface area contributed by atoms with Crippen LogP contribution >= 0.6 is 0 Å². The largest absolute Gasteiger partial charge is 0.308 e. The van der Waals surface area contributed by atoms with Crippen LogP contribution in [0.2, 0.25) is 0 Å². The van der Waals surface area contributed by atoms with Crippen LogP contribution in [0.15, 0.2) is 0 Å². The average Bonchev–Trinajstić information content (AvgIpc) is 3.15. The summed E-state index contributed by atoms with van der Waals surface area (Å²) in [6, 6.07) is 0.623. The summed E-state index contributed by atoms with van der Waals surface area (Å²) in [5.41, 5.74) is 0.332. The second-order valence-electron chi connectivity index (χ2n) is 6.29. The Balaban J connectivity index is 1.66. The number of alkyl halides is 1. The topological polar surface area (TPSA) is 15.3 Å². The lowest BCUT2D eigenvalue weighted by molar-refractivity contribution is 0.0426. The van der Waals surface area contributed by atoms with E-state index in [0.717, 1.165) is 19.0 Å². The van der Waals surface area contributed by atoms with Crippen molar-refractivity contribution in [1.29, 1.82) is 0 Å². The molecule has 3 rings (SSSR count). The van der Waals surface area contributed by atoms with Gasteiger partial charge in [0, 0.05) is 31.2 Å². The molecule has 1 N–H and O–H groups in total. The molecule has 0 amide bonds. The fraction of sp³-hybridized carbons (Fsp3) is 1.00. The van der Waals surface area contributed by atoms with Crippen molar-refractivity contribution in [3.8, 4) is 0 Å². The first-order valence-electron chi connectivity index (χ1n) is 7.38. The summed E-state index contributed by atoms with van der Waals surface area (Å²) in [5, 5.41) is 3.83. The minimum Gasteiger partial charge on any atom is -0.308 e. The van der Waals surface area contributed by atoms with E-state index in [2.05, 4.69) is 10.2 Å². The van der Waals surface area contributed by atoms with E-state index in [0.29, 0.717) is 18.1 Å². The molecular weight excluding hydrogens is 215 g/mol. The van der Waals surface area contributed by atoms with E-state index in [4.69, 9.17) is 0 Å². The number of hydrogen-bond donors (Lipinski definition) is 1. The molecule has 17 heavy (non-hydrogen) atoms. The van der Waals surface area contributed by atoms with Gasteiger partial charge in [-0.2, -0.15) is 0 Å². The summed E-state index contributed by atoms with van der Waals surface area (Å²) in [5.74, 6) is 0.856. The molecule has 98 valence electrons. The van der Waals surface area contributed by atoms with Crippen LogP contribution in [0.4, 0.5) is 4.39 Å². The van der Waals surface area contributed by atoms with Crippen molar-refractivity contribution in [2.45, 2.75) is 56.5 Å². The van der Waals surface area contributed by atoms with Gasteiger partial charge in [-0.15, -0.1) is 0 Å².